The molecule has 1 aliphatic rings. The Morgan fingerprint density at radius 1 is 0.660 bits per heavy atom. The number of fused-ring (bicyclic) bond motifs is 3. The molecule has 3 heteroatoms. The largest absolute Gasteiger partial charge is 1.00 e. The van der Waals surface area contributed by atoms with E-state index in [1.54, 1.807) is 27.4 Å². The van der Waals surface area contributed by atoms with E-state index in [9.17, 15) is 0 Å². The summed E-state index contributed by atoms with van der Waals surface area (Å²) in [7, 11) is 0. The zero-order valence-electron chi connectivity index (χ0n) is 32.0. The number of benzene rings is 4. The molecule has 0 spiro atoms. The maximum Gasteiger partial charge on any atom is -0.0139 e. The summed E-state index contributed by atoms with van der Waals surface area (Å²) < 4.78 is 1.75. The molecule has 0 amide bonds. The zero-order valence-corrected chi connectivity index (χ0v) is 36.0. The molecule has 0 unspecified atom stereocenters. The first-order valence-corrected chi connectivity index (χ1v) is 19.1. The summed E-state index contributed by atoms with van der Waals surface area (Å²) in [6.07, 6.45) is 15.4. The molecule has 0 atom stereocenters. The van der Waals surface area contributed by atoms with Gasteiger partial charge >= 0.3 is 67.0 Å². The van der Waals surface area contributed by atoms with Gasteiger partial charge in [0.25, 0.3) is 0 Å². The van der Waals surface area contributed by atoms with Crippen molar-refractivity contribution in [3.8, 4) is 22.3 Å². The Hall–Kier alpha value is -2.44. The summed E-state index contributed by atoms with van der Waals surface area (Å²) >= 11 is 1.65. The third-order valence-electron chi connectivity index (χ3n) is 9.16. The van der Waals surface area contributed by atoms with E-state index in [-0.39, 0.29) is 35.6 Å². The third kappa shape index (κ3) is 11.0. The fourth-order valence-corrected chi connectivity index (χ4v) is 7.84. The molecule has 0 radical (unpaired) electrons. The number of hydrogen-bond acceptors (Lipinski definition) is 0. The Bertz CT molecular complexity index is 1790. The zero-order chi connectivity index (χ0) is 35.1. The molecule has 1 aliphatic carbocycles. The minimum Gasteiger partial charge on any atom is -1.00 e. The molecule has 0 saturated carbocycles. The SMILES string of the molecule is CCC[C](=[Zr+2])CCC.Cc1ccccc1-c1cc2[cH-]c3cc(-c4ccccc4C)c(C(C)(C)C)cc3c2cc1C(C)(C)C.[C-]1=CC=CC1.[Cl-].[Cl-]. The smallest absolute Gasteiger partial charge is 0.0139 e. The van der Waals surface area contributed by atoms with E-state index >= 15 is 0 Å². The summed E-state index contributed by atoms with van der Waals surface area (Å²) in [6.45, 7) is 22.9. The van der Waals surface area contributed by atoms with Crippen molar-refractivity contribution in [2.24, 2.45) is 0 Å². The van der Waals surface area contributed by atoms with Gasteiger partial charge in [-0.2, -0.15) is 6.08 Å². The van der Waals surface area contributed by atoms with Gasteiger partial charge in [0.1, 0.15) is 0 Å². The van der Waals surface area contributed by atoms with Gasteiger partial charge in [-0.15, -0.1) is 46.2 Å². The predicted octanol–water partition coefficient (Wildman–Crippen LogP) is 7.88. The van der Waals surface area contributed by atoms with Gasteiger partial charge in [0.2, 0.25) is 0 Å². The summed E-state index contributed by atoms with van der Waals surface area (Å²) in [5.41, 5.74) is 10.9. The topological polar surface area (TPSA) is 0 Å². The van der Waals surface area contributed by atoms with Gasteiger partial charge in [-0.25, -0.2) is 12.2 Å². The van der Waals surface area contributed by atoms with Crippen LogP contribution in [0, 0.1) is 19.9 Å². The summed E-state index contributed by atoms with van der Waals surface area (Å²) in [5.74, 6) is 0. The van der Waals surface area contributed by atoms with Crippen molar-refractivity contribution in [1.82, 2.24) is 0 Å². The average molecular weight is 783 g/mol. The third-order valence-corrected chi connectivity index (χ3v) is 10.4. The molecule has 0 heterocycles. The monoisotopic (exact) mass is 780 g/mol. The number of halogens is 2. The quantitative estimate of drug-likeness (QED) is 0.154. The molecule has 5 aromatic rings. The number of aryl methyl sites for hydroxylation is 2. The molecule has 264 valence electrons. The van der Waals surface area contributed by atoms with Crippen molar-refractivity contribution in [2.45, 2.75) is 112 Å². The minimum atomic E-state index is 0. The van der Waals surface area contributed by atoms with Crippen LogP contribution in [0.25, 0.3) is 43.8 Å². The summed E-state index contributed by atoms with van der Waals surface area (Å²) in [6, 6.07) is 29.8. The molecule has 6 rings (SSSR count). The minimum absolute atomic E-state index is 0. The molecule has 0 aliphatic heterocycles. The summed E-state index contributed by atoms with van der Waals surface area (Å²) in [5, 5.41) is 5.38. The maximum atomic E-state index is 2.99. The maximum absolute atomic E-state index is 2.99. The van der Waals surface area contributed by atoms with E-state index < -0.39 is 0 Å². The van der Waals surface area contributed by atoms with Crippen molar-refractivity contribution in [3.05, 3.63) is 125 Å². The van der Waals surface area contributed by atoms with Crippen LogP contribution in [0.5, 0.6) is 0 Å². The fourth-order valence-electron chi connectivity index (χ4n) is 6.61. The molecule has 0 N–H and O–H groups in total. The molecular formula is C47H56Cl2Zr-2. The van der Waals surface area contributed by atoms with Crippen LogP contribution in [-0.2, 0) is 35.1 Å². The van der Waals surface area contributed by atoms with Crippen LogP contribution in [-0.4, -0.2) is 3.21 Å². The van der Waals surface area contributed by atoms with E-state index in [1.165, 1.54) is 91.7 Å². The normalized spacial score (nSPS) is 12.1. The first kappa shape index (κ1) is 43.7. The molecule has 50 heavy (non-hydrogen) atoms. The second kappa shape index (κ2) is 19.4. The molecular weight excluding hydrogens is 727 g/mol. The van der Waals surface area contributed by atoms with Gasteiger partial charge in [0, 0.05) is 0 Å². The van der Waals surface area contributed by atoms with Crippen molar-refractivity contribution in [2.75, 3.05) is 0 Å². The molecule has 0 aromatic heterocycles. The van der Waals surface area contributed by atoms with E-state index in [0.717, 1.165) is 6.42 Å². The Morgan fingerprint density at radius 2 is 1.08 bits per heavy atom. The first-order chi connectivity index (χ1) is 22.8. The van der Waals surface area contributed by atoms with Gasteiger partial charge in [0.05, 0.1) is 0 Å². The van der Waals surface area contributed by atoms with Crippen molar-refractivity contribution in [1.29, 1.82) is 0 Å². The van der Waals surface area contributed by atoms with Crippen molar-refractivity contribution < 1.29 is 49.0 Å². The van der Waals surface area contributed by atoms with E-state index in [0.29, 0.717) is 0 Å². The van der Waals surface area contributed by atoms with E-state index in [1.807, 2.05) is 12.2 Å². The average Bonchev–Trinajstić information content (AvgIpc) is 3.72. The van der Waals surface area contributed by atoms with Crippen LogP contribution in [0.1, 0.15) is 110 Å². The van der Waals surface area contributed by atoms with Crippen LogP contribution in [0.15, 0.2) is 97.1 Å². The number of allylic oxidation sites excluding steroid dienone is 4. The van der Waals surface area contributed by atoms with Crippen LogP contribution in [0.4, 0.5) is 0 Å². The second-order valence-corrected chi connectivity index (χ2v) is 17.1. The number of rotatable bonds is 6. The van der Waals surface area contributed by atoms with Crippen molar-refractivity contribution >= 4 is 24.8 Å². The molecule has 0 fully saturated rings. The number of hydrogen-bond donors (Lipinski definition) is 0. The van der Waals surface area contributed by atoms with Gasteiger partial charge in [-0.05, 0) is 69.2 Å². The molecule has 5 aromatic carbocycles. The molecule has 0 nitrogen and oxygen atoms in total. The van der Waals surface area contributed by atoms with Gasteiger partial charge in [-0.1, -0.05) is 102 Å². The summed E-state index contributed by atoms with van der Waals surface area (Å²) in [4.78, 5) is 0. The molecule has 0 bridgehead atoms. The standard InChI is InChI=1S/C35H37.C7H14.C5H5.2ClH.Zr/c1-22-13-9-11-15-26(22)30-18-24-17-25-19-31(27-16-12-10-14-23(27)2)33(35(6,7)8)21-29(25)28(24)20-32(30)34(3,4)5;1-3-5-7-6-4-2;1-2-4-5-3-1;;;/h9-21H,1-8H3;3-6H2,1-2H3;1-3H,4H2;2*1H;/q-1;;-1;;;+2/p-2. The van der Waals surface area contributed by atoms with Crippen LogP contribution < -0.4 is 24.8 Å². The van der Waals surface area contributed by atoms with Gasteiger partial charge in [-0.3, -0.25) is 6.08 Å². The predicted molar refractivity (Wildman–Crippen MR) is 211 cm³/mol. The Labute approximate surface area is 331 Å². The second-order valence-electron chi connectivity index (χ2n) is 15.4. The van der Waals surface area contributed by atoms with E-state index in [4.69, 9.17) is 0 Å². The van der Waals surface area contributed by atoms with Crippen LogP contribution in [0.2, 0.25) is 0 Å². The Balaban J connectivity index is 0.000000489. The van der Waals surface area contributed by atoms with Crippen LogP contribution >= 0.6 is 0 Å². The molecule has 0 saturated heterocycles. The fraction of sp³-hybridized carbons (Fsp3) is 0.362. The Morgan fingerprint density at radius 3 is 1.38 bits per heavy atom. The first-order valence-electron chi connectivity index (χ1n) is 17.9. The van der Waals surface area contributed by atoms with Gasteiger partial charge < -0.3 is 24.8 Å². The van der Waals surface area contributed by atoms with E-state index in [2.05, 4.69) is 160 Å². The van der Waals surface area contributed by atoms with Crippen molar-refractivity contribution in [3.63, 3.8) is 0 Å². The van der Waals surface area contributed by atoms with Gasteiger partial charge in [0.15, 0.2) is 0 Å². The van der Waals surface area contributed by atoms with Crippen LogP contribution in [0.3, 0.4) is 0 Å². The Kier molecular flexibility index (Phi) is 17.0.